The number of nitrogen functional groups attached to an aromatic ring is 1. The van der Waals surface area contributed by atoms with Crippen molar-refractivity contribution in [1.82, 2.24) is 4.98 Å². The molecule has 0 bridgehead atoms. The van der Waals surface area contributed by atoms with Gasteiger partial charge in [0, 0.05) is 16.6 Å². The van der Waals surface area contributed by atoms with Gasteiger partial charge in [0.2, 0.25) is 0 Å². The van der Waals surface area contributed by atoms with Gasteiger partial charge in [0.05, 0.1) is 9.09 Å². The first-order chi connectivity index (χ1) is 7.61. The zero-order chi connectivity index (χ0) is 11.7. The quantitative estimate of drug-likeness (QED) is 0.511. The van der Waals surface area contributed by atoms with Crippen LogP contribution in [0.15, 0.2) is 15.7 Å². The Morgan fingerprint density at radius 1 is 1.56 bits per heavy atom. The first-order valence-electron chi connectivity index (χ1n) is 4.56. The van der Waals surface area contributed by atoms with E-state index in [-0.39, 0.29) is 5.84 Å². The van der Waals surface area contributed by atoms with Gasteiger partial charge >= 0.3 is 0 Å². The van der Waals surface area contributed by atoms with Crippen molar-refractivity contribution in [3.8, 4) is 10.6 Å². The van der Waals surface area contributed by atoms with Crippen molar-refractivity contribution in [2.75, 3.05) is 6.26 Å². The van der Waals surface area contributed by atoms with Gasteiger partial charge in [-0.2, -0.15) is 0 Å². The maximum absolute atomic E-state index is 7.45. The van der Waals surface area contributed by atoms with Gasteiger partial charge < -0.3 is 5.73 Å². The summed E-state index contributed by atoms with van der Waals surface area (Å²) in [6.07, 6.45) is 2.03. The lowest BCUT2D eigenvalue weighted by Gasteiger charge is -1.94. The topological polar surface area (TPSA) is 62.8 Å². The summed E-state index contributed by atoms with van der Waals surface area (Å²) in [6, 6.07) is 1.96. The lowest BCUT2D eigenvalue weighted by Crippen LogP contribution is -2.08. The number of nitrogens with zero attached hydrogens (tertiary/aromatic N) is 1. The fourth-order valence-corrected chi connectivity index (χ4v) is 3.96. The maximum atomic E-state index is 7.45. The molecule has 0 radical (unpaired) electrons. The average molecular weight is 269 g/mol. The summed E-state index contributed by atoms with van der Waals surface area (Å²) in [5.41, 5.74) is 7.63. The number of thioether (sulfide) groups is 1. The van der Waals surface area contributed by atoms with Crippen LogP contribution >= 0.6 is 34.4 Å². The van der Waals surface area contributed by atoms with Crippen molar-refractivity contribution in [1.29, 1.82) is 5.41 Å². The van der Waals surface area contributed by atoms with Crippen LogP contribution < -0.4 is 5.73 Å². The Bertz CT molecular complexity index is 527. The molecule has 2 aromatic rings. The molecule has 0 atom stereocenters. The number of hydrogen-bond acceptors (Lipinski definition) is 5. The molecule has 0 aliphatic heterocycles. The molecular formula is C10H11N3S3. The normalized spacial score (nSPS) is 10.6. The van der Waals surface area contributed by atoms with Crippen LogP contribution in [0.1, 0.15) is 10.6 Å². The van der Waals surface area contributed by atoms with Gasteiger partial charge in [0.15, 0.2) is 0 Å². The second-order valence-electron chi connectivity index (χ2n) is 3.22. The van der Waals surface area contributed by atoms with E-state index in [1.165, 1.54) is 4.21 Å². The van der Waals surface area contributed by atoms with E-state index < -0.39 is 0 Å². The predicted molar refractivity (Wildman–Crippen MR) is 73.0 cm³/mol. The molecule has 0 aliphatic rings. The molecule has 84 valence electrons. The summed E-state index contributed by atoms with van der Waals surface area (Å²) in [5.74, 6) is 0.125. The molecule has 0 spiro atoms. The number of hydrogen-bond donors (Lipinski definition) is 2. The lowest BCUT2D eigenvalue weighted by atomic mass is 10.3. The summed E-state index contributed by atoms with van der Waals surface area (Å²) in [4.78, 5) is 5.27. The highest BCUT2D eigenvalue weighted by molar-refractivity contribution is 8.00. The van der Waals surface area contributed by atoms with Gasteiger partial charge in [0.25, 0.3) is 0 Å². The Morgan fingerprint density at radius 3 is 2.81 bits per heavy atom. The molecular weight excluding hydrogens is 258 g/mol. The Balaban J connectivity index is 2.51. The summed E-state index contributed by atoms with van der Waals surface area (Å²) in [5, 5.41) is 10.5. The molecule has 0 amide bonds. The van der Waals surface area contributed by atoms with Crippen LogP contribution in [0.2, 0.25) is 0 Å². The Morgan fingerprint density at radius 2 is 2.31 bits per heavy atom. The van der Waals surface area contributed by atoms with Crippen LogP contribution in [-0.2, 0) is 0 Å². The molecule has 0 saturated heterocycles. The minimum Gasteiger partial charge on any atom is -0.383 e. The number of aryl methyl sites for hydroxylation is 1. The second kappa shape index (κ2) is 4.57. The van der Waals surface area contributed by atoms with E-state index in [9.17, 15) is 0 Å². The minimum absolute atomic E-state index is 0.125. The molecule has 0 fully saturated rings. The van der Waals surface area contributed by atoms with Crippen LogP contribution in [0.25, 0.3) is 10.6 Å². The lowest BCUT2D eigenvalue weighted by molar-refractivity contribution is 1.26. The van der Waals surface area contributed by atoms with E-state index in [4.69, 9.17) is 11.1 Å². The number of amidine groups is 1. The standard InChI is InChI=1S/C10H11N3S3/c1-5-4-15-9(13-5)6-3-7(8(11)12)16-10(6)14-2/h3-4H,1-2H3,(H3,11,12). The van der Waals surface area contributed by atoms with Crippen molar-refractivity contribution in [3.05, 3.63) is 22.0 Å². The molecule has 0 aliphatic carbocycles. The molecule has 2 heterocycles. The number of nitrogens with two attached hydrogens (primary N) is 1. The van der Waals surface area contributed by atoms with Gasteiger partial charge in [-0.15, -0.1) is 34.4 Å². The molecule has 2 rings (SSSR count). The number of thiophene rings is 1. The summed E-state index contributed by atoms with van der Waals surface area (Å²) in [6.45, 7) is 1.98. The van der Waals surface area contributed by atoms with E-state index in [2.05, 4.69) is 4.98 Å². The van der Waals surface area contributed by atoms with Gasteiger partial charge in [-0.1, -0.05) is 0 Å². The first kappa shape index (κ1) is 11.6. The third kappa shape index (κ3) is 2.14. The van der Waals surface area contributed by atoms with E-state index in [0.717, 1.165) is 21.1 Å². The predicted octanol–water partition coefficient (Wildman–Crippen LogP) is 3.19. The summed E-state index contributed by atoms with van der Waals surface area (Å²) >= 11 is 4.85. The second-order valence-corrected chi connectivity index (χ2v) is 6.21. The zero-order valence-electron chi connectivity index (χ0n) is 8.90. The van der Waals surface area contributed by atoms with E-state index in [0.29, 0.717) is 0 Å². The highest BCUT2D eigenvalue weighted by Gasteiger charge is 2.14. The van der Waals surface area contributed by atoms with Gasteiger partial charge in [0.1, 0.15) is 10.8 Å². The molecule has 0 unspecified atom stereocenters. The number of aromatic nitrogens is 1. The Kier molecular flexibility index (Phi) is 3.32. The molecule has 3 N–H and O–H groups in total. The third-order valence-electron chi connectivity index (χ3n) is 2.00. The van der Waals surface area contributed by atoms with E-state index >= 15 is 0 Å². The Labute approximate surface area is 106 Å². The zero-order valence-corrected chi connectivity index (χ0v) is 11.4. The SMILES string of the molecule is CSc1sc(C(=N)N)cc1-c1nc(C)cs1. The van der Waals surface area contributed by atoms with Crippen LogP contribution in [0, 0.1) is 12.3 Å². The van der Waals surface area contributed by atoms with Crippen LogP contribution in [0.4, 0.5) is 0 Å². The minimum atomic E-state index is 0.125. The maximum Gasteiger partial charge on any atom is 0.133 e. The highest BCUT2D eigenvalue weighted by atomic mass is 32.2. The molecule has 0 aromatic carbocycles. The van der Waals surface area contributed by atoms with Crippen molar-refractivity contribution >= 4 is 40.3 Å². The molecule has 16 heavy (non-hydrogen) atoms. The number of nitrogens with one attached hydrogen (secondary N) is 1. The third-order valence-corrected chi connectivity index (χ3v) is 5.30. The first-order valence-corrected chi connectivity index (χ1v) is 7.48. The monoisotopic (exact) mass is 269 g/mol. The van der Waals surface area contributed by atoms with Crippen LogP contribution in [-0.4, -0.2) is 17.1 Å². The molecule has 2 aromatic heterocycles. The van der Waals surface area contributed by atoms with Crippen LogP contribution in [0.5, 0.6) is 0 Å². The fourth-order valence-electron chi connectivity index (χ4n) is 1.29. The molecule has 6 heteroatoms. The Hall–Kier alpha value is -0.850. The fraction of sp³-hybridized carbons (Fsp3) is 0.200. The molecule has 3 nitrogen and oxygen atoms in total. The van der Waals surface area contributed by atoms with E-state index in [1.54, 1.807) is 34.4 Å². The number of thiazole rings is 1. The van der Waals surface area contributed by atoms with Crippen molar-refractivity contribution in [2.45, 2.75) is 11.1 Å². The number of rotatable bonds is 3. The summed E-state index contributed by atoms with van der Waals surface area (Å²) < 4.78 is 1.17. The smallest absolute Gasteiger partial charge is 0.133 e. The highest BCUT2D eigenvalue weighted by Crippen LogP contribution is 2.38. The van der Waals surface area contributed by atoms with Gasteiger partial charge in [-0.05, 0) is 19.2 Å². The largest absolute Gasteiger partial charge is 0.383 e. The van der Waals surface area contributed by atoms with Crippen molar-refractivity contribution < 1.29 is 0 Å². The van der Waals surface area contributed by atoms with Crippen LogP contribution in [0.3, 0.4) is 0 Å². The summed E-state index contributed by atoms with van der Waals surface area (Å²) in [7, 11) is 0. The average Bonchev–Trinajstić information content (AvgIpc) is 2.82. The molecule has 0 saturated carbocycles. The van der Waals surface area contributed by atoms with E-state index in [1.807, 2.05) is 24.6 Å². The van der Waals surface area contributed by atoms with Crippen molar-refractivity contribution in [3.63, 3.8) is 0 Å². The van der Waals surface area contributed by atoms with Gasteiger partial charge in [-0.25, -0.2) is 4.98 Å². The van der Waals surface area contributed by atoms with Gasteiger partial charge in [-0.3, -0.25) is 5.41 Å². The van der Waals surface area contributed by atoms with Crippen molar-refractivity contribution in [2.24, 2.45) is 5.73 Å².